The van der Waals surface area contributed by atoms with E-state index in [1.165, 1.54) is 22.3 Å². The van der Waals surface area contributed by atoms with Crippen molar-refractivity contribution >= 4 is 12.4 Å². The lowest BCUT2D eigenvalue weighted by Gasteiger charge is -2.36. The molecule has 0 aliphatic carbocycles. The Labute approximate surface area is 139 Å². The number of rotatable bonds is 3. The molecule has 0 bridgehead atoms. The topological polar surface area (TPSA) is 28.2 Å². The molecule has 0 amide bonds. The summed E-state index contributed by atoms with van der Waals surface area (Å²) < 4.78 is 0. The number of nitrogens with zero attached hydrogens (tertiary/aromatic N) is 2. The normalized spacial score (nSPS) is 18.7. The van der Waals surface area contributed by atoms with Crippen LogP contribution in [0.15, 0.2) is 42.7 Å². The van der Waals surface area contributed by atoms with Crippen molar-refractivity contribution in [3.8, 4) is 0 Å². The first-order valence-corrected chi connectivity index (χ1v) is 7.65. The Morgan fingerprint density at radius 2 is 1.95 bits per heavy atom. The Hall–Kier alpha value is -1.42. The number of hydrogen-bond acceptors (Lipinski definition) is 3. The zero-order valence-corrected chi connectivity index (χ0v) is 14.1. The van der Waals surface area contributed by atoms with Gasteiger partial charge in [-0.1, -0.05) is 23.8 Å². The Balaban J connectivity index is 0.00000176. The van der Waals surface area contributed by atoms with E-state index in [9.17, 15) is 0 Å². The van der Waals surface area contributed by atoms with Crippen LogP contribution >= 0.6 is 12.4 Å². The van der Waals surface area contributed by atoms with Crippen LogP contribution in [-0.4, -0.2) is 29.5 Å². The molecule has 1 aromatic carbocycles. The minimum absolute atomic E-state index is 0. The number of piperazine rings is 1. The van der Waals surface area contributed by atoms with Gasteiger partial charge < -0.3 is 5.32 Å². The van der Waals surface area contributed by atoms with Crippen LogP contribution in [-0.2, 0) is 6.54 Å². The van der Waals surface area contributed by atoms with Gasteiger partial charge in [0.15, 0.2) is 0 Å². The molecule has 4 heteroatoms. The molecule has 2 aromatic rings. The summed E-state index contributed by atoms with van der Waals surface area (Å²) in [5.41, 5.74) is 5.51. The maximum absolute atomic E-state index is 4.13. The number of nitrogens with one attached hydrogen (secondary N) is 1. The summed E-state index contributed by atoms with van der Waals surface area (Å²) >= 11 is 0. The van der Waals surface area contributed by atoms with E-state index in [4.69, 9.17) is 0 Å². The van der Waals surface area contributed by atoms with E-state index in [1.807, 2.05) is 12.4 Å². The van der Waals surface area contributed by atoms with Gasteiger partial charge in [0.25, 0.3) is 0 Å². The molecule has 1 aromatic heterocycles. The molecule has 1 atom stereocenters. The van der Waals surface area contributed by atoms with E-state index in [0.29, 0.717) is 6.04 Å². The van der Waals surface area contributed by atoms with E-state index in [2.05, 4.69) is 59.4 Å². The highest BCUT2D eigenvalue weighted by Gasteiger charge is 2.23. The lowest BCUT2D eigenvalue weighted by atomic mass is 10.0. The van der Waals surface area contributed by atoms with Crippen molar-refractivity contribution in [1.29, 1.82) is 0 Å². The molecule has 0 saturated carbocycles. The molecule has 3 nitrogen and oxygen atoms in total. The Kier molecular flexibility index (Phi) is 5.95. The first kappa shape index (κ1) is 16.9. The third kappa shape index (κ3) is 3.86. The van der Waals surface area contributed by atoms with Crippen molar-refractivity contribution < 1.29 is 0 Å². The second-order valence-electron chi connectivity index (χ2n) is 5.90. The van der Waals surface area contributed by atoms with E-state index < -0.39 is 0 Å². The first-order chi connectivity index (χ1) is 10.2. The van der Waals surface area contributed by atoms with Gasteiger partial charge in [-0.15, -0.1) is 12.4 Å². The molecule has 1 aliphatic heterocycles. The van der Waals surface area contributed by atoms with Gasteiger partial charge in [-0.2, -0.15) is 0 Å². The lowest BCUT2D eigenvalue weighted by Crippen LogP contribution is -2.45. The molecule has 2 heterocycles. The summed E-state index contributed by atoms with van der Waals surface area (Å²) in [5, 5.41) is 3.51. The molecule has 22 heavy (non-hydrogen) atoms. The highest BCUT2D eigenvalue weighted by molar-refractivity contribution is 5.85. The molecule has 1 unspecified atom stereocenters. The Bertz CT molecular complexity index is 601. The molecule has 3 rings (SSSR count). The molecule has 1 fully saturated rings. The highest BCUT2D eigenvalue weighted by atomic mass is 35.5. The summed E-state index contributed by atoms with van der Waals surface area (Å²) in [4.78, 5) is 6.71. The quantitative estimate of drug-likeness (QED) is 0.941. The number of pyridine rings is 1. The number of halogens is 1. The van der Waals surface area contributed by atoms with Gasteiger partial charge in [-0.05, 0) is 42.7 Å². The Morgan fingerprint density at radius 1 is 1.18 bits per heavy atom. The van der Waals surface area contributed by atoms with Crippen LogP contribution in [0.4, 0.5) is 0 Å². The van der Waals surface area contributed by atoms with Gasteiger partial charge in [0.1, 0.15) is 0 Å². The molecule has 1 aliphatic rings. The second-order valence-corrected chi connectivity index (χ2v) is 5.90. The van der Waals surface area contributed by atoms with Crippen molar-refractivity contribution in [2.24, 2.45) is 0 Å². The third-order valence-electron chi connectivity index (χ3n) is 4.32. The van der Waals surface area contributed by atoms with Crippen LogP contribution in [0.2, 0.25) is 0 Å². The highest BCUT2D eigenvalue weighted by Crippen LogP contribution is 2.24. The molecular weight excluding hydrogens is 294 g/mol. The maximum atomic E-state index is 4.13. The fraction of sp³-hybridized carbons (Fsp3) is 0.389. The van der Waals surface area contributed by atoms with Crippen LogP contribution in [0.3, 0.4) is 0 Å². The average Bonchev–Trinajstić information content (AvgIpc) is 2.51. The minimum atomic E-state index is 0. The summed E-state index contributed by atoms with van der Waals surface area (Å²) in [7, 11) is 0. The van der Waals surface area contributed by atoms with Crippen molar-refractivity contribution in [2.75, 3.05) is 19.6 Å². The summed E-state index contributed by atoms with van der Waals surface area (Å²) in [6.07, 6.45) is 3.78. The summed E-state index contributed by atoms with van der Waals surface area (Å²) in [6.45, 7) is 8.54. The van der Waals surface area contributed by atoms with Crippen molar-refractivity contribution in [3.63, 3.8) is 0 Å². The number of hydrogen-bond donors (Lipinski definition) is 1. The lowest BCUT2D eigenvalue weighted by molar-refractivity contribution is 0.153. The zero-order chi connectivity index (χ0) is 14.7. The van der Waals surface area contributed by atoms with Crippen LogP contribution in [0.25, 0.3) is 0 Å². The summed E-state index contributed by atoms with van der Waals surface area (Å²) in [6, 6.07) is 11.5. The van der Waals surface area contributed by atoms with Crippen LogP contribution < -0.4 is 5.32 Å². The standard InChI is InChI=1S/C18H23N3.ClH/c1-14-3-4-17(15(2)11-14)13-21-10-9-20-12-18(21)16-5-7-19-8-6-16;/h3-8,11,18,20H,9-10,12-13H2,1-2H3;1H. The van der Waals surface area contributed by atoms with Gasteiger partial charge >= 0.3 is 0 Å². The van der Waals surface area contributed by atoms with Gasteiger partial charge in [-0.25, -0.2) is 0 Å². The molecular formula is C18H24ClN3. The van der Waals surface area contributed by atoms with Crippen molar-refractivity contribution in [3.05, 3.63) is 65.0 Å². The molecule has 0 radical (unpaired) electrons. The van der Waals surface area contributed by atoms with Gasteiger partial charge in [0, 0.05) is 44.6 Å². The van der Waals surface area contributed by atoms with E-state index in [1.54, 1.807) is 0 Å². The fourth-order valence-corrected chi connectivity index (χ4v) is 3.09. The van der Waals surface area contributed by atoms with E-state index >= 15 is 0 Å². The summed E-state index contributed by atoms with van der Waals surface area (Å²) in [5.74, 6) is 0. The third-order valence-corrected chi connectivity index (χ3v) is 4.32. The molecule has 1 N–H and O–H groups in total. The van der Waals surface area contributed by atoms with Crippen LogP contribution in [0, 0.1) is 13.8 Å². The number of benzene rings is 1. The molecule has 118 valence electrons. The monoisotopic (exact) mass is 317 g/mol. The smallest absolute Gasteiger partial charge is 0.0477 e. The second kappa shape index (κ2) is 7.73. The van der Waals surface area contributed by atoms with Gasteiger partial charge in [0.05, 0.1) is 0 Å². The van der Waals surface area contributed by atoms with E-state index in [-0.39, 0.29) is 12.4 Å². The predicted octanol–water partition coefficient (Wildman–Crippen LogP) is 3.27. The SMILES string of the molecule is Cc1ccc(CN2CCNCC2c2ccncc2)c(C)c1.Cl. The van der Waals surface area contributed by atoms with Crippen molar-refractivity contribution in [1.82, 2.24) is 15.2 Å². The largest absolute Gasteiger partial charge is 0.314 e. The van der Waals surface area contributed by atoms with Crippen LogP contribution in [0.5, 0.6) is 0 Å². The zero-order valence-electron chi connectivity index (χ0n) is 13.2. The fourth-order valence-electron chi connectivity index (χ4n) is 3.09. The Morgan fingerprint density at radius 3 is 2.68 bits per heavy atom. The van der Waals surface area contributed by atoms with Gasteiger partial charge in [0.2, 0.25) is 0 Å². The van der Waals surface area contributed by atoms with Crippen molar-refractivity contribution in [2.45, 2.75) is 26.4 Å². The molecule has 1 saturated heterocycles. The predicted molar refractivity (Wildman–Crippen MR) is 93.4 cm³/mol. The number of aromatic nitrogens is 1. The first-order valence-electron chi connectivity index (χ1n) is 7.65. The minimum Gasteiger partial charge on any atom is -0.314 e. The number of aryl methyl sites for hydroxylation is 2. The van der Waals surface area contributed by atoms with Crippen LogP contribution in [0.1, 0.15) is 28.3 Å². The van der Waals surface area contributed by atoms with Gasteiger partial charge in [-0.3, -0.25) is 9.88 Å². The average molecular weight is 318 g/mol. The maximum Gasteiger partial charge on any atom is 0.0477 e. The van der Waals surface area contributed by atoms with E-state index in [0.717, 1.165) is 26.2 Å². The molecule has 0 spiro atoms.